The number of rotatable bonds is 5. The van der Waals surface area contributed by atoms with E-state index in [0.717, 1.165) is 18.8 Å². The van der Waals surface area contributed by atoms with Crippen molar-refractivity contribution in [2.75, 3.05) is 23.3 Å². The molecule has 0 bridgehead atoms. The molecule has 19 heavy (non-hydrogen) atoms. The summed E-state index contributed by atoms with van der Waals surface area (Å²) in [4.78, 5) is 17.0. The number of hydrogen-bond acceptors (Lipinski definition) is 2. The molecule has 0 aliphatic heterocycles. The molecular weight excluding hydrogens is 238 g/mol. The van der Waals surface area contributed by atoms with Gasteiger partial charge < -0.3 is 15.2 Å². The molecule has 0 radical (unpaired) electrons. The number of benzene rings is 1. The van der Waals surface area contributed by atoms with Gasteiger partial charge >= 0.3 is 0 Å². The van der Waals surface area contributed by atoms with Crippen LogP contribution in [-0.2, 0) is 0 Å². The molecule has 0 spiro atoms. The molecule has 0 fully saturated rings. The minimum atomic E-state index is -0.124. The van der Waals surface area contributed by atoms with Crippen molar-refractivity contribution < 1.29 is 4.79 Å². The number of anilines is 2. The second-order valence-electron chi connectivity index (χ2n) is 4.26. The minimum Gasteiger partial charge on any atom is -0.372 e. The zero-order valence-corrected chi connectivity index (χ0v) is 11.3. The largest absolute Gasteiger partial charge is 0.372 e. The van der Waals surface area contributed by atoms with Crippen LogP contribution < -0.4 is 10.2 Å². The van der Waals surface area contributed by atoms with E-state index in [2.05, 4.69) is 29.0 Å². The van der Waals surface area contributed by atoms with E-state index in [1.807, 2.05) is 24.3 Å². The normalized spacial score (nSPS) is 10.2. The molecule has 0 aliphatic rings. The van der Waals surface area contributed by atoms with E-state index in [4.69, 9.17) is 0 Å². The van der Waals surface area contributed by atoms with E-state index in [1.165, 1.54) is 5.69 Å². The first-order chi connectivity index (χ1) is 9.24. The van der Waals surface area contributed by atoms with Gasteiger partial charge in [0.15, 0.2) is 0 Å². The Morgan fingerprint density at radius 3 is 2.37 bits per heavy atom. The number of carbonyl (C=O) groups excluding carboxylic acids is 1. The van der Waals surface area contributed by atoms with Crippen LogP contribution in [0, 0.1) is 0 Å². The Morgan fingerprint density at radius 2 is 1.84 bits per heavy atom. The van der Waals surface area contributed by atoms with Crippen LogP contribution in [-0.4, -0.2) is 24.0 Å². The smallest absolute Gasteiger partial charge is 0.272 e. The minimum absolute atomic E-state index is 0.124. The Kier molecular flexibility index (Phi) is 4.23. The third-order valence-electron chi connectivity index (χ3n) is 3.10. The Balaban J connectivity index is 2.05. The van der Waals surface area contributed by atoms with E-state index in [0.29, 0.717) is 5.69 Å². The van der Waals surface area contributed by atoms with Crippen LogP contribution in [0.4, 0.5) is 11.4 Å². The molecular formula is C15H19N3O. The molecule has 4 heteroatoms. The molecule has 1 amide bonds. The van der Waals surface area contributed by atoms with Crippen molar-refractivity contribution in [3.05, 3.63) is 48.3 Å². The predicted octanol–water partition coefficient (Wildman–Crippen LogP) is 3.11. The number of nitrogens with one attached hydrogen (secondary N) is 2. The van der Waals surface area contributed by atoms with Crippen molar-refractivity contribution >= 4 is 17.3 Å². The highest BCUT2D eigenvalue weighted by Gasteiger charge is 2.07. The van der Waals surface area contributed by atoms with Crippen molar-refractivity contribution in [1.29, 1.82) is 0 Å². The van der Waals surface area contributed by atoms with Crippen molar-refractivity contribution in [2.24, 2.45) is 0 Å². The van der Waals surface area contributed by atoms with Crippen molar-refractivity contribution in [2.45, 2.75) is 13.8 Å². The molecule has 0 saturated carbocycles. The first-order valence-electron chi connectivity index (χ1n) is 6.54. The van der Waals surface area contributed by atoms with Crippen LogP contribution in [0.5, 0.6) is 0 Å². The summed E-state index contributed by atoms with van der Waals surface area (Å²) in [5.74, 6) is -0.124. The van der Waals surface area contributed by atoms with Gasteiger partial charge in [-0.1, -0.05) is 0 Å². The van der Waals surface area contributed by atoms with E-state index < -0.39 is 0 Å². The molecule has 0 saturated heterocycles. The molecule has 1 aromatic heterocycles. The van der Waals surface area contributed by atoms with Gasteiger partial charge in [0.25, 0.3) is 5.91 Å². The highest BCUT2D eigenvalue weighted by molar-refractivity contribution is 6.02. The lowest BCUT2D eigenvalue weighted by Gasteiger charge is -2.21. The number of carbonyl (C=O) groups is 1. The summed E-state index contributed by atoms with van der Waals surface area (Å²) in [5.41, 5.74) is 2.53. The lowest BCUT2D eigenvalue weighted by atomic mass is 10.2. The monoisotopic (exact) mass is 257 g/mol. The molecule has 2 aromatic rings. The SMILES string of the molecule is CCN(CC)c1ccc(NC(=O)c2ccc[nH]2)cc1. The molecule has 0 unspecified atom stereocenters. The van der Waals surface area contributed by atoms with Gasteiger partial charge in [0.2, 0.25) is 0 Å². The first-order valence-corrected chi connectivity index (χ1v) is 6.54. The van der Waals surface area contributed by atoms with Gasteiger partial charge in [-0.2, -0.15) is 0 Å². The van der Waals surface area contributed by atoms with E-state index >= 15 is 0 Å². The van der Waals surface area contributed by atoms with Gasteiger partial charge in [-0.15, -0.1) is 0 Å². The molecule has 4 nitrogen and oxygen atoms in total. The number of aromatic amines is 1. The lowest BCUT2D eigenvalue weighted by Crippen LogP contribution is -2.21. The fourth-order valence-electron chi connectivity index (χ4n) is 2.01. The maximum Gasteiger partial charge on any atom is 0.272 e. The zero-order valence-electron chi connectivity index (χ0n) is 11.3. The number of aromatic nitrogens is 1. The highest BCUT2D eigenvalue weighted by atomic mass is 16.1. The molecule has 2 rings (SSSR count). The van der Waals surface area contributed by atoms with Gasteiger partial charge in [0.05, 0.1) is 0 Å². The number of hydrogen-bond donors (Lipinski definition) is 2. The molecule has 0 aliphatic carbocycles. The van der Waals surface area contributed by atoms with Crippen LogP contribution in [0.2, 0.25) is 0 Å². The molecule has 1 heterocycles. The summed E-state index contributed by atoms with van der Waals surface area (Å²) < 4.78 is 0. The van der Waals surface area contributed by atoms with Gasteiger partial charge in [0, 0.05) is 30.7 Å². The zero-order chi connectivity index (χ0) is 13.7. The molecule has 100 valence electrons. The third-order valence-corrected chi connectivity index (χ3v) is 3.10. The summed E-state index contributed by atoms with van der Waals surface area (Å²) >= 11 is 0. The van der Waals surface area contributed by atoms with Crippen molar-refractivity contribution in [3.8, 4) is 0 Å². The number of H-pyrrole nitrogens is 1. The molecule has 2 N–H and O–H groups in total. The fourth-order valence-corrected chi connectivity index (χ4v) is 2.01. The quantitative estimate of drug-likeness (QED) is 0.864. The van der Waals surface area contributed by atoms with E-state index in [1.54, 1.807) is 18.3 Å². The first kappa shape index (κ1) is 13.2. The van der Waals surface area contributed by atoms with Crippen LogP contribution in [0.1, 0.15) is 24.3 Å². The van der Waals surface area contributed by atoms with Crippen LogP contribution in [0.3, 0.4) is 0 Å². The topological polar surface area (TPSA) is 48.1 Å². The van der Waals surface area contributed by atoms with E-state index in [-0.39, 0.29) is 5.91 Å². The van der Waals surface area contributed by atoms with Crippen LogP contribution in [0.25, 0.3) is 0 Å². The van der Waals surface area contributed by atoms with Crippen molar-refractivity contribution in [3.63, 3.8) is 0 Å². The van der Waals surface area contributed by atoms with Gasteiger partial charge in [-0.05, 0) is 50.2 Å². The molecule has 0 atom stereocenters. The van der Waals surface area contributed by atoms with Gasteiger partial charge in [0.1, 0.15) is 5.69 Å². The van der Waals surface area contributed by atoms with Crippen LogP contribution in [0.15, 0.2) is 42.6 Å². The number of amides is 1. The van der Waals surface area contributed by atoms with Gasteiger partial charge in [-0.3, -0.25) is 4.79 Å². The van der Waals surface area contributed by atoms with Crippen molar-refractivity contribution in [1.82, 2.24) is 4.98 Å². The third kappa shape index (κ3) is 3.16. The van der Waals surface area contributed by atoms with Crippen LogP contribution >= 0.6 is 0 Å². The lowest BCUT2D eigenvalue weighted by molar-refractivity contribution is 0.102. The summed E-state index contributed by atoms with van der Waals surface area (Å²) in [6.45, 7) is 6.21. The second kappa shape index (κ2) is 6.09. The summed E-state index contributed by atoms with van der Waals surface area (Å²) in [7, 11) is 0. The Labute approximate surface area is 113 Å². The van der Waals surface area contributed by atoms with E-state index in [9.17, 15) is 4.79 Å². The summed E-state index contributed by atoms with van der Waals surface area (Å²) in [6.07, 6.45) is 1.73. The summed E-state index contributed by atoms with van der Waals surface area (Å²) in [5, 5.41) is 2.86. The van der Waals surface area contributed by atoms with Gasteiger partial charge in [-0.25, -0.2) is 0 Å². The standard InChI is InChI=1S/C15H19N3O/c1-3-18(4-2)13-9-7-12(8-10-13)17-15(19)14-6-5-11-16-14/h5-11,16H,3-4H2,1-2H3,(H,17,19). The second-order valence-corrected chi connectivity index (χ2v) is 4.26. The molecule has 1 aromatic carbocycles. The Morgan fingerprint density at radius 1 is 1.16 bits per heavy atom. The average Bonchev–Trinajstić information content (AvgIpc) is 2.96. The Bertz CT molecular complexity index is 513. The maximum absolute atomic E-state index is 11.9. The maximum atomic E-state index is 11.9. The number of nitrogens with zero attached hydrogens (tertiary/aromatic N) is 1. The predicted molar refractivity (Wildman–Crippen MR) is 78.7 cm³/mol. The summed E-state index contributed by atoms with van der Waals surface area (Å²) in [6, 6.07) is 11.5. The fraction of sp³-hybridized carbons (Fsp3) is 0.267. The highest BCUT2D eigenvalue weighted by Crippen LogP contribution is 2.18. The average molecular weight is 257 g/mol. The Hall–Kier alpha value is -2.23.